The topological polar surface area (TPSA) is 58.9 Å². The van der Waals surface area contributed by atoms with Crippen molar-refractivity contribution in [2.45, 2.75) is 90.9 Å². The monoisotopic (exact) mass is 620 g/mol. The lowest BCUT2D eigenvalue weighted by molar-refractivity contribution is 0.198. The first-order chi connectivity index (χ1) is 22.1. The summed E-state index contributed by atoms with van der Waals surface area (Å²) in [5.74, 6) is 2.64. The quantitative estimate of drug-likeness (QED) is 0.146. The summed E-state index contributed by atoms with van der Waals surface area (Å²) in [5, 5.41) is 19.4. The Bertz CT molecular complexity index is 1480. The number of ether oxygens (including phenoxy) is 2. The minimum atomic E-state index is -0.600. The number of fused-ring (bicyclic) bond motifs is 2. The Balaban J connectivity index is 2.00. The van der Waals surface area contributed by atoms with Gasteiger partial charge in [0.1, 0.15) is 24.7 Å². The van der Waals surface area contributed by atoms with E-state index >= 15 is 0 Å². The van der Waals surface area contributed by atoms with Crippen LogP contribution in [-0.4, -0.2) is 36.6 Å². The summed E-state index contributed by atoms with van der Waals surface area (Å²) in [5.41, 5.74) is 11.7. The van der Waals surface area contributed by atoms with E-state index < -0.39 is 5.41 Å². The molecule has 0 saturated heterocycles. The van der Waals surface area contributed by atoms with Crippen molar-refractivity contribution in [3.05, 3.63) is 128 Å². The maximum Gasteiger partial charge on any atom is 0.126 e. The molecule has 0 heterocycles. The van der Waals surface area contributed by atoms with Crippen LogP contribution in [0.5, 0.6) is 11.5 Å². The van der Waals surface area contributed by atoms with E-state index in [1.807, 2.05) is 0 Å². The minimum absolute atomic E-state index is 0.0256. The maximum atomic E-state index is 9.72. The molecular weight excluding hydrogens is 568 g/mol. The Morgan fingerprint density at radius 1 is 0.543 bits per heavy atom. The molecule has 0 aromatic heterocycles. The lowest BCUT2D eigenvalue weighted by Crippen LogP contribution is -2.37. The second-order valence-electron chi connectivity index (χ2n) is 14.0. The van der Waals surface area contributed by atoms with Crippen LogP contribution in [-0.2, 0) is 11.8 Å². The van der Waals surface area contributed by atoms with Crippen molar-refractivity contribution in [2.24, 2.45) is 0 Å². The van der Waals surface area contributed by atoms with Gasteiger partial charge < -0.3 is 19.7 Å². The molecule has 0 saturated carbocycles. The van der Waals surface area contributed by atoms with Gasteiger partial charge in [-0.15, -0.1) is 0 Å². The molecule has 4 nitrogen and oxygen atoms in total. The number of benzene rings is 4. The van der Waals surface area contributed by atoms with Gasteiger partial charge in [-0.1, -0.05) is 128 Å². The normalized spacial score (nSPS) is 13.8. The Morgan fingerprint density at radius 3 is 1.17 bits per heavy atom. The van der Waals surface area contributed by atoms with Crippen LogP contribution >= 0.6 is 0 Å². The van der Waals surface area contributed by atoms with Crippen molar-refractivity contribution >= 4 is 0 Å². The summed E-state index contributed by atoms with van der Waals surface area (Å²) in [6.45, 7) is 18.3. The van der Waals surface area contributed by atoms with Crippen molar-refractivity contribution in [3.63, 3.8) is 0 Å². The van der Waals surface area contributed by atoms with Gasteiger partial charge >= 0.3 is 0 Å². The van der Waals surface area contributed by atoms with Gasteiger partial charge in [-0.05, 0) is 85.7 Å². The van der Waals surface area contributed by atoms with Crippen molar-refractivity contribution in [1.29, 1.82) is 0 Å². The van der Waals surface area contributed by atoms with Crippen molar-refractivity contribution < 1.29 is 19.7 Å². The van der Waals surface area contributed by atoms with Crippen LogP contribution in [0.1, 0.15) is 135 Å². The van der Waals surface area contributed by atoms with E-state index in [1.165, 1.54) is 33.4 Å². The highest BCUT2D eigenvalue weighted by Crippen LogP contribution is 2.54. The van der Waals surface area contributed by atoms with Gasteiger partial charge in [-0.25, -0.2) is 0 Å². The molecule has 1 aliphatic carbocycles. The number of aliphatic hydroxyl groups excluding tert-OH is 2. The first kappa shape index (κ1) is 33.8. The minimum Gasteiger partial charge on any atom is -0.491 e. The van der Waals surface area contributed by atoms with Gasteiger partial charge in [-0.2, -0.15) is 0 Å². The van der Waals surface area contributed by atoms with Crippen LogP contribution < -0.4 is 9.47 Å². The number of hydrogen-bond acceptors (Lipinski definition) is 4. The number of hydrogen-bond donors (Lipinski definition) is 2. The van der Waals surface area contributed by atoms with Gasteiger partial charge in [0.15, 0.2) is 0 Å². The van der Waals surface area contributed by atoms with E-state index in [4.69, 9.17) is 9.47 Å². The Hall–Kier alpha value is -3.60. The Labute approximate surface area is 276 Å². The molecule has 0 amide bonds. The van der Waals surface area contributed by atoms with Crippen molar-refractivity contribution in [2.75, 3.05) is 26.4 Å². The Kier molecular flexibility index (Phi) is 10.3. The van der Waals surface area contributed by atoms with Crippen LogP contribution in [0.3, 0.4) is 0 Å². The molecule has 0 aliphatic heterocycles. The third-order valence-electron chi connectivity index (χ3n) is 9.55. The third kappa shape index (κ3) is 5.98. The third-order valence-corrected chi connectivity index (χ3v) is 9.55. The fraction of sp³-hybridized carbons (Fsp3) is 0.429. The SMILES string of the molecule is CC(C)c1cc(C2(c3cc(C(C)C)c(OCCO)c(C(C)C)c3)c3ccccc3Cc3ccccc32)cc(C(C)C)c1OCCO. The summed E-state index contributed by atoms with van der Waals surface area (Å²) in [6.07, 6.45) is 0.881. The zero-order valence-electron chi connectivity index (χ0n) is 29.0. The van der Waals surface area contributed by atoms with Gasteiger partial charge in [-0.3, -0.25) is 0 Å². The molecule has 46 heavy (non-hydrogen) atoms. The predicted molar refractivity (Wildman–Crippen MR) is 189 cm³/mol. The molecule has 0 atom stereocenters. The molecule has 0 unspecified atom stereocenters. The van der Waals surface area contributed by atoms with Crippen LogP contribution in [0.15, 0.2) is 72.8 Å². The van der Waals surface area contributed by atoms with Gasteiger partial charge in [0, 0.05) is 0 Å². The summed E-state index contributed by atoms with van der Waals surface area (Å²) in [6, 6.07) is 27.4. The average Bonchev–Trinajstić information content (AvgIpc) is 3.04. The lowest BCUT2D eigenvalue weighted by atomic mass is 9.58. The van der Waals surface area contributed by atoms with E-state index in [1.54, 1.807) is 0 Å². The molecule has 4 aromatic carbocycles. The molecule has 0 radical (unpaired) electrons. The predicted octanol–water partition coefficient (Wildman–Crippen LogP) is 9.21. The van der Waals surface area contributed by atoms with Gasteiger partial charge in [0.25, 0.3) is 0 Å². The lowest BCUT2D eigenvalue weighted by Gasteiger charge is -2.44. The van der Waals surface area contributed by atoms with E-state index in [0.29, 0.717) is 0 Å². The molecule has 0 bridgehead atoms. The molecular formula is C42H52O4. The molecule has 2 N–H and O–H groups in total. The highest BCUT2D eigenvalue weighted by atomic mass is 16.5. The van der Waals surface area contributed by atoms with Gasteiger partial charge in [0.05, 0.1) is 18.6 Å². The molecule has 244 valence electrons. The molecule has 4 heteroatoms. The maximum absolute atomic E-state index is 9.72. The van der Waals surface area contributed by atoms with Crippen LogP contribution in [0.25, 0.3) is 0 Å². The molecule has 1 aliphatic rings. The summed E-state index contributed by atoms with van der Waals surface area (Å²) >= 11 is 0. The summed E-state index contributed by atoms with van der Waals surface area (Å²) < 4.78 is 12.7. The highest BCUT2D eigenvalue weighted by molar-refractivity contribution is 5.70. The second-order valence-corrected chi connectivity index (χ2v) is 14.0. The van der Waals surface area contributed by atoms with Crippen LogP contribution in [0.2, 0.25) is 0 Å². The second kappa shape index (κ2) is 14.0. The van der Waals surface area contributed by atoms with E-state index in [2.05, 4.69) is 128 Å². The Morgan fingerprint density at radius 2 is 0.870 bits per heavy atom. The highest BCUT2D eigenvalue weighted by Gasteiger charge is 2.45. The molecule has 4 aromatic rings. The van der Waals surface area contributed by atoms with Gasteiger partial charge in [0.2, 0.25) is 0 Å². The fourth-order valence-electron chi connectivity index (χ4n) is 7.35. The fourth-order valence-corrected chi connectivity index (χ4v) is 7.35. The van der Waals surface area contributed by atoms with Crippen LogP contribution in [0.4, 0.5) is 0 Å². The standard InChI is InChI=1S/C42H52O4/c1-26(2)34-22-32(23-35(27(3)4)40(34)45-19-17-43)42(38-15-11-9-13-30(38)21-31-14-10-12-16-39(31)42)33-24-36(28(5)6)41(46-20-18-44)37(25-33)29(7)8/h9-16,22-29,43-44H,17-21H2,1-8H3. The number of rotatable bonds is 12. The van der Waals surface area contributed by atoms with Crippen molar-refractivity contribution in [1.82, 2.24) is 0 Å². The van der Waals surface area contributed by atoms with E-state index in [0.717, 1.165) is 40.2 Å². The zero-order valence-corrected chi connectivity index (χ0v) is 29.0. The van der Waals surface area contributed by atoms with E-state index in [9.17, 15) is 10.2 Å². The number of aliphatic hydroxyl groups is 2. The first-order valence-electron chi connectivity index (χ1n) is 17.1. The molecule has 0 spiro atoms. The van der Waals surface area contributed by atoms with Crippen LogP contribution in [0, 0.1) is 0 Å². The zero-order chi connectivity index (χ0) is 33.2. The molecule has 5 rings (SSSR count). The summed E-state index contributed by atoms with van der Waals surface area (Å²) in [7, 11) is 0. The van der Waals surface area contributed by atoms with Crippen molar-refractivity contribution in [3.8, 4) is 11.5 Å². The first-order valence-corrected chi connectivity index (χ1v) is 17.1. The summed E-state index contributed by atoms with van der Waals surface area (Å²) in [4.78, 5) is 0. The smallest absolute Gasteiger partial charge is 0.126 e. The molecule has 0 fully saturated rings. The largest absolute Gasteiger partial charge is 0.491 e. The average molecular weight is 621 g/mol. The van der Waals surface area contributed by atoms with E-state index in [-0.39, 0.29) is 50.1 Å².